The minimum Gasteiger partial charge on any atom is -0.344 e. The van der Waals surface area contributed by atoms with Crippen molar-refractivity contribution in [3.05, 3.63) is 59.7 Å². The lowest BCUT2D eigenvalue weighted by Gasteiger charge is -2.31. The number of hydrogen-bond acceptors (Lipinski definition) is 4. The third-order valence-electron chi connectivity index (χ3n) is 5.42. The number of carbonyl (C=O) groups is 2. The molecule has 0 aromatic heterocycles. The standard InChI is InChI=1S/C22H25F2N3O4S/c1-14-3-6-18(7-4-14)32(30,31)27-11-9-16(10-12-27)22(29)25-15(2)21(28)26-17-5-8-19(23)20(24)13-17/h3-8,13,15-16H,9-12H2,1-2H3,(H,25,29)(H,26,28)/t15-/m0/s1. The summed E-state index contributed by atoms with van der Waals surface area (Å²) in [7, 11) is -3.63. The van der Waals surface area contributed by atoms with Gasteiger partial charge in [0.2, 0.25) is 21.8 Å². The average Bonchev–Trinajstić information content (AvgIpc) is 2.76. The molecule has 0 radical (unpaired) electrons. The van der Waals surface area contributed by atoms with Gasteiger partial charge in [0.15, 0.2) is 11.6 Å². The van der Waals surface area contributed by atoms with E-state index in [4.69, 9.17) is 0 Å². The number of amides is 2. The molecule has 2 N–H and O–H groups in total. The van der Waals surface area contributed by atoms with Crippen LogP contribution in [-0.4, -0.2) is 43.7 Å². The van der Waals surface area contributed by atoms with Crippen molar-refractivity contribution in [2.45, 2.75) is 37.6 Å². The molecule has 1 aliphatic heterocycles. The zero-order chi connectivity index (χ0) is 23.5. The smallest absolute Gasteiger partial charge is 0.246 e. The van der Waals surface area contributed by atoms with Gasteiger partial charge in [0.25, 0.3) is 0 Å². The fourth-order valence-corrected chi connectivity index (χ4v) is 4.91. The molecule has 0 unspecified atom stereocenters. The maximum Gasteiger partial charge on any atom is 0.246 e. The Balaban J connectivity index is 1.53. The predicted molar refractivity (Wildman–Crippen MR) is 115 cm³/mol. The van der Waals surface area contributed by atoms with Crippen LogP contribution in [0.2, 0.25) is 0 Å². The zero-order valence-corrected chi connectivity index (χ0v) is 18.6. The third-order valence-corrected chi connectivity index (χ3v) is 7.34. The summed E-state index contributed by atoms with van der Waals surface area (Å²) in [5, 5.41) is 5.02. The van der Waals surface area contributed by atoms with Crippen LogP contribution in [0, 0.1) is 24.5 Å². The van der Waals surface area contributed by atoms with Crippen molar-refractivity contribution in [2.75, 3.05) is 18.4 Å². The summed E-state index contributed by atoms with van der Waals surface area (Å²) in [6.45, 7) is 3.75. The Kier molecular flexibility index (Phi) is 7.25. The first-order valence-corrected chi connectivity index (χ1v) is 11.6. The first-order chi connectivity index (χ1) is 15.1. The Morgan fingerprint density at radius 2 is 1.66 bits per heavy atom. The van der Waals surface area contributed by atoms with E-state index in [2.05, 4.69) is 10.6 Å². The van der Waals surface area contributed by atoms with Crippen LogP contribution in [-0.2, 0) is 19.6 Å². The van der Waals surface area contributed by atoms with Crippen molar-refractivity contribution in [3.63, 3.8) is 0 Å². The van der Waals surface area contributed by atoms with Crippen molar-refractivity contribution in [1.82, 2.24) is 9.62 Å². The second-order valence-corrected chi connectivity index (χ2v) is 9.78. The summed E-state index contributed by atoms with van der Waals surface area (Å²) in [6, 6.07) is 8.66. The molecule has 1 heterocycles. The molecule has 10 heteroatoms. The number of benzene rings is 2. The molecule has 2 aromatic rings. The van der Waals surface area contributed by atoms with Gasteiger partial charge in [-0.1, -0.05) is 17.7 Å². The highest BCUT2D eigenvalue weighted by molar-refractivity contribution is 7.89. The molecule has 3 rings (SSSR count). The number of sulfonamides is 1. The monoisotopic (exact) mass is 465 g/mol. The van der Waals surface area contributed by atoms with Crippen LogP contribution in [0.1, 0.15) is 25.3 Å². The minimum absolute atomic E-state index is 0.0737. The molecule has 0 bridgehead atoms. The fraction of sp³-hybridized carbons (Fsp3) is 0.364. The van der Waals surface area contributed by atoms with Crippen LogP contribution in [0.25, 0.3) is 0 Å². The summed E-state index contributed by atoms with van der Waals surface area (Å²) >= 11 is 0. The highest BCUT2D eigenvalue weighted by atomic mass is 32.2. The van der Waals surface area contributed by atoms with E-state index in [1.54, 1.807) is 24.3 Å². The van der Waals surface area contributed by atoms with Gasteiger partial charge in [-0.25, -0.2) is 17.2 Å². The van der Waals surface area contributed by atoms with E-state index in [0.29, 0.717) is 12.8 Å². The summed E-state index contributed by atoms with van der Waals surface area (Å²) in [6.07, 6.45) is 0.656. The Bertz CT molecular complexity index is 1100. The number of nitrogens with zero attached hydrogens (tertiary/aromatic N) is 1. The van der Waals surface area contributed by atoms with Crippen molar-refractivity contribution >= 4 is 27.5 Å². The van der Waals surface area contributed by atoms with Crippen molar-refractivity contribution in [3.8, 4) is 0 Å². The number of anilines is 1. The number of aryl methyl sites for hydroxylation is 1. The van der Waals surface area contributed by atoms with E-state index in [-0.39, 0.29) is 29.6 Å². The molecule has 1 saturated heterocycles. The van der Waals surface area contributed by atoms with Crippen LogP contribution >= 0.6 is 0 Å². The normalized spacial score (nSPS) is 16.4. The van der Waals surface area contributed by atoms with Gasteiger partial charge in [0.05, 0.1) is 4.90 Å². The van der Waals surface area contributed by atoms with Crippen LogP contribution in [0.5, 0.6) is 0 Å². The van der Waals surface area contributed by atoms with Crippen molar-refractivity contribution in [2.24, 2.45) is 5.92 Å². The molecule has 1 atom stereocenters. The SMILES string of the molecule is Cc1ccc(S(=O)(=O)N2CCC(C(=O)N[C@@H](C)C(=O)Nc3ccc(F)c(F)c3)CC2)cc1. The van der Waals surface area contributed by atoms with Gasteiger partial charge >= 0.3 is 0 Å². The van der Waals surface area contributed by atoms with Gasteiger partial charge in [0, 0.05) is 30.8 Å². The second-order valence-electron chi connectivity index (χ2n) is 7.84. The number of piperidine rings is 1. The molecule has 7 nitrogen and oxygen atoms in total. The molecule has 0 spiro atoms. The molecule has 1 fully saturated rings. The third kappa shape index (κ3) is 5.49. The van der Waals surface area contributed by atoms with Crippen LogP contribution in [0.4, 0.5) is 14.5 Å². The van der Waals surface area contributed by atoms with Gasteiger partial charge in [0.1, 0.15) is 6.04 Å². The van der Waals surface area contributed by atoms with E-state index in [1.165, 1.54) is 17.3 Å². The highest BCUT2D eigenvalue weighted by Gasteiger charge is 2.33. The summed E-state index contributed by atoms with van der Waals surface area (Å²) in [4.78, 5) is 25.0. The molecule has 0 aliphatic carbocycles. The fourth-order valence-electron chi connectivity index (χ4n) is 3.44. The second kappa shape index (κ2) is 9.74. The summed E-state index contributed by atoms with van der Waals surface area (Å²) in [5.74, 6) is -3.49. The van der Waals surface area contributed by atoms with Crippen molar-refractivity contribution in [1.29, 1.82) is 0 Å². The van der Waals surface area contributed by atoms with Gasteiger partial charge in [-0.15, -0.1) is 0 Å². The topological polar surface area (TPSA) is 95.6 Å². The largest absolute Gasteiger partial charge is 0.344 e. The molecule has 32 heavy (non-hydrogen) atoms. The van der Waals surface area contributed by atoms with Crippen LogP contribution in [0.15, 0.2) is 47.4 Å². The van der Waals surface area contributed by atoms with Gasteiger partial charge < -0.3 is 10.6 Å². The molecular formula is C22H25F2N3O4S. The Morgan fingerprint density at radius 1 is 1.03 bits per heavy atom. The first kappa shape index (κ1) is 23.8. The molecule has 1 aliphatic rings. The molecule has 172 valence electrons. The van der Waals surface area contributed by atoms with Crippen LogP contribution < -0.4 is 10.6 Å². The van der Waals surface area contributed by atoms with Gasteiger partial charge in [-0.05, 0) is 51.0 Å². The maximum atomic E-state index is 13.3. The zero-order valence-electron chi connectivity index (χ0n) is 17.8. The number of hydrogen-bond donors (Lipinski definition) is 2. The van der Waals surface area contributed by atoms with Crippen LogP contribution in [0.3, 0.4) is 0 Å². The number of nitrogens with one attached hydrogen (secondary N) is 2. The summed E-state index contributed by atoms with van der Waals surface area (Å²) < 4.78 is 53.2. The lowest BCUT2D eigenvalue weighted by atomic mass is 9.97. The molecule has 0 saturated carbocycles. The lowest BCUT2D eigenvalue weighted by molar-refractivity contribution is -0.129. The van der Waals surface area contributed by atoms with E-state index in [1.807, 2.05) is 6.92 Å². The Hall–Kier alpha value is -2.85. The van der Waals surface area contributed by atoms with E-state index in [0.717, 1.165) is 17.7 Å². The lowest BCUT2D eigenvalue weighted by Crippen LogP contribution is -2.47. The highest BCUT2D eigenvalue weighted by Crippen LogP contribution is 2.24. The molecular weight excluding hydrogens is 440 g/mol. The maximum absolute atomic E-state index is 13.3. The van der Waals surface area contributed by atoms with E-state index >= 15 is 0 Å². The van der Waals surface area contributed by atoms with E-state index in [9.17, 15) is 26.8 Å². The predicted octanol–water partition coefficient (Wildman–Crippen LogP) is 2.82. The quantitative estimate of drug-likeness (QED) is 0.686. The Morgan fingerprint density at radius 3 is 2.25 bits per heavy atom. The minimum atomic E-state index is -3.63. The van der Waals surface area contributed by atoms with Gasteiger partial charge in [-0.3, -0.25) is 9.59 Å². The number of halogens is 2. The summed E-state index contributed by atoms with van der Waals surface area (Å²) in [5.41, 5.74) is 1.03. The Labute approximate surface area is 185 Å². The first-order valence-electron chi connectivity index (χ1n) is 10.2. The molecule has 2 aromatic carbocycles. The number of carbonyl (C=O) groups excluding carboxylic acids is 2. The molecule has 2 amide bonds. The number of rotatable bonds is 6. The van der Waals surface area contributed by atoms with Crippen molar-refractivity contribution < 1.29 is 26.8 Å². The average molecular weight is 466 g/mol. The van der Waals surface area contributed by atoms with Gasteiger partial charge in [-0.2, -0.15) is 4.31 Å². The van der Waals surface area contributed by atoms with E-state index < -0.39 is 39.5 Å².